The molecule has 7 heteroatoms. The predicted molar refractivity (Wildman–Crippen MR) is 100 cm³/mol. The molecule has 1 atom stereocenters. The Morgan fingerprint density at radius 3 is 2.67 bits per heavy atom. The zero-order valence-electron chi connectivity index (χ0n) is 15.0. The van der Waals surface area contributed by atoms with Crippen LogP contribution in [-0.4, -0.2) is 42.4 Å². The predicted octanol–water partition coefficient (Wildman–Crippen LogP) is 2.19. The van der Waals surface area contributed by atoms with Gasteiger partial charge < -0.3 is 15.4 Å². The first kappa shape index (κ1) is 18.4. The van der Waals surface area contributed by atoms with Crippen molar-refractivity contribution in [1.82, 2.24) is 10.2 Å². The lowest BCUT2D eigenvalue weighted by Crippen LogP contribution is -2.38. The molecule has 1 aliphatic rings. The van der Waals surface area contributed by atoms with Gasteiger partial charge in [-0.2, -0.15) is 0 Å². The maximum absolute atomic E-state index is 12.5. The summed E-state index contributed by atoms with van der Waals surface area (Å²) in [6.45, 7) is -0.330. The largest absolute Gasteiger partial charge is 0.497 e. The molecule has 7 nitrogen and oxygen atoms in total. The van der Waals surface area contributed by atoms with E-state index in [4.69, 9.17) is 4.74 Å². The van der Waals surface area contributed by atoms with E-state index in [-0.39, 0.29) is 12.5 Å². The van der Waals surface area contributed by atoms with Crippen molar-refractivity contribution in [3.05, 3.63) is 60.2 Å². The Hall–Kier alpha value is -3.35. The van der Waals surface area contributed by atoms with Gasteiger partial charge >= 0.3 is 6.03 Å². The van der Waals surface area contributed by atoms with E-state index in [1.54, 1.807) is 24.3 Å². The average Bonchev–Trinajstić information content (AvgIpc) is 2.95. The van der Waals surface area contributed by atoms with Crippen LogP contribution < -0.4 is 15.4 Å². The second-order valence-electron chi connectivity index (χ2n) is 6.23. The minimum absolute atomic E-state index is 0.330. The Morgan fingerprint density at radius 1 is 1.15 bits per heavy atom. The van der Waals surface area contributed by atoms with Gasteiger partial charge in [-0.3, -0.25) is 14.5 Å². The van der Waals surface area contributed by atoms with Crippen LogP contribution in [0.15, 0.2) is 54.6 Å². The summed E-state index contributed by atoms with van der Waals surface area (Å²) < 4.78 is 5.10. The summed E-state index contributed by atoms with van der Waals surface area (Å²) in [5.74, 6) is -0.226. The Balaban J connectivity index is 1.55. The maximum atomic E-state index is 12.5. The van der Waals surface area contributed by atoms with Gasteiger partial charge in [0.25, 0.3) is 5.91 Å². The molecule has 0 spiro atoms. The molecule has 2 aromatic rings. The van der Waals surface area contributed by atoms with Gasteiger partial charge in [0.1, 0.15) is 18.3 Å². The fraction of sp³-hybridized carbons (Fsp3) is 0.250. The minimum Gasteiger partial charge on any atom is -0.497 e. The number of nitrogens with one attached hydrogen (secondary N) is 2. The smallest absolute Gasteiger partial charge is 0.325 e. The molecule has 2 N–H and O–H groups in total. The second-order valence-corrected chi connectivity index (χ2v) is 6.23. The van der Waals surface area contributed by atoms with Crippen LogP contribution in [0.25, 0.3) is 0 Å². The molecular weight excluding hydrogens is 346 g/mol. The van der Waals surface area contributed by atoms with Gasteiger partial charge in [0.05, 0.1) is 7.11 Å². The van der Waals surface area contributed by atoms with Gasteiger partial charge in [0.15, 0.2) is 0 Å². The monoisotopic (exact) mass is 367 g/mol. The van der Waals surface area contributed by atoms with Crippen LogP contribution in [0.5, 0.6) is 5.75 Å². The number of imide groups is 1. The normalized spacial score (nSPS) is 16.2. The van der Waals surface area contributed by atoms with E-state index in [9.17, 15) is 14.4 Å². The number of urea groups is 1. The summed E-state index contributed by atoms with van der Waals surface area (Å²) in [7, 11) is 1.53. The van der Waals surface area contributed by atoms with Gasteiger partial charge in [-0.25, -0.2) is 4.79 Å². The minimum atomic E-state index is -0.609. The van der Waals surface area contributed by atoms with E-state index in [1.807, 2.05) is 30.3 Å². The van der Waals surface area contributed by atoms with Crippen molar-refractivity contribution in [2.45, 2.75) is 18.9 Å². The van der Waals surface area contributed by atoms with E-state index < -0.39 is 18.0 Å². The van der Waals surface area contributed by atoms with E-state index in [0.29, 0.717) is 24.3 Å². The summed E-state index contributed by atoms with van der Waals surface area (Å²) >= 11 is 0. The quantitative estimate of drug-likeness (QED) is 0.735. The molecule has 27 heavy (non-hydrogen) atoms. The summed E-state index contributed by atoms with van der Waals surface area (Å²) in [4.78, 5) is 37.7. The molecule has 0 saturated carbocycles. The Labute approximate surface area is 157 Å². The Morgan fingerprint density at radius 2 is 1.93 bits per heavy atom. The lowest BCUT2D eigenvalue weighted by atomic mass is 10.1. The van der Waals surface area contributed by atoms with Crippen molar-refractivity contribution in [3.63, 3.8) is 0 Å². The third-order valence-electron chi connectivity index (χ3n) is 4.33. The highest BCUT2D eigenvalue weighted by Gasteiger charge is 2.38. The second kappa shape index (κ2) is 8.35. The van der Waals surface area contributed by atoms with Crippen molar-refractivity contribution in [2.24, 2.45) is 0 Å². The molecule has 0 bridgehead atoms. The summed E-state index contributed by atoms with van der Waals surface area (Å²) in [5.41, 5.74) is 1.63. The number of carbonyl (C=O) groups excluding carboxylic acids is 3. The highest BCUT2D eigenvalue weighted by atomic mass is 16.5. The van der Waals surface area contributed by atoms with Crippen LogP contribution in [0, 0.1) is 0 Å². The Kier molecular flexibility index (Phi) is 5.71. The number of carbonyl (C=O) groups is 3. The molecule has 1 heterocycles. The highest BCUT2D eigenvalue weighted by Crippen LogP contribution is 2.17. The van der Waals surface area contributed by atoms with Gasteiger partial charge in [-0.1, -0.05) is 36.4 Å². The highest BCUT2D eigenvalue weighted by molar-refractivity contribution is 6.07. The van der Waals surface area contributed by atoms with Crippen LogP contribution in [0.3, 0.4) is 0 Å². The van der Waals surface area contributed by atoms with Crippen LogP contribution in [0.1, 0.15) is 12.0 Å². The molecule has 140 valence electrons. The topological polar surface area (TPSA) is 87.7 Å². The number of ether oxygens (including phenoxy) is 1. The third kappa shape index (κ3) is 4.63. The van der Waals surface area contributed by atoms with Crippen LogP contribution >= 0.6 is 0 Å². The van der Waals surface area contributed by atoms with Gasteiger partial charge in [0, 0.05) is 11.8 Å². The lowest BCUT2D eigenvalue weighted by Gasteiger charge is -2.13. The fourth-order valence-corrected chi connectivity index (χ4v) is 2.92. The van der Waals surface area contributed by atoms with Crippen LogP contribution in [0.4, 0.5) is 10.5 Å². The van der Waals surface area contributed by atoms with E-state index in [1.165, 1.54) is 7.11 Å². The van der Waals surface area contributed by atoms with Crippen molar-refractivity contribution in [1.29, 1.82) is 0 Å². The number of methoxy groups -OCH3 is 1. The van der Waals surface area contributed by atoms with E-state index in [2.05, 4.69) is 10.6 Å². The van der Waals surface area contributed by atoms with Crippen LogP contribution in [-0.2, 0) is 16.0 Å². The molecule has 0 aromatic heterocycles. The molecule has 1 fully saturated rings. The van der Waals surface area contributed by atoms with Crippen molar-refractivity contribution < 1.29 is 19.1 Å². The first-order valence-corrected chi connectivity index (χ1v) is 8.66. The number of hydrogen-bond acceptors (Lipinski definition) is 4. The fourth-order valence-electron chi connectivity index (χ4n) is 2.92. The lowest BCUT2D eigenvalue weighted by molar-refractivity contribution is -0.130. The van der Waals surface area contributed by atoms with Gasteiger partial charge in [-0.05, 0) is 30.5 Å². The molecule has 3 rings (SSSR count). The van der Waals surface area contributed by atoms with Gasteiger partial charge in [0.2, 0.25) is 5.91 Å². The number of anilines is 1. The maximum Gasteiger partial charge on any atom is 0.325 e. The first-order chi connectivity index (χ1) is 13.1. The summed E-state index contributed by atoms with van der Waals surface area (Å²) in [5, 5.41) is 5.31. The molecule has 1 saturated heterocycles. The number of benzene rings is 2. The molecule has 0 aliphatic carbocycles. The van der Waals surface area contributed by atoms with Gasteiger partial charge in [-0.15, -0.1) is 0 Å². The summed E-state index contributed by atoms with van der Waals surface area (Å²) in [6, 6.07) is 15.4. The summed E-state index contributed by atoms with van der Waals surface area (Å²) in [6.07, 6.45) is 1.16. The molecule has 0 unspecified atom stereocenters. The van der Waals surface area contributed by atoms with Crippen LogP contribution in [0.2, 0.25) is 0 Å². The number of nitrogens with zero attached hydrogens (tertiary/aromatic N) is 1. The zero-order valence-corrected chi connectivity index (χ0v) is 15.0. The standard InChI is InChI=1S/C20H21N3O4/c1-27-16-9-5-8-15(12-16)21-18(24)13-23-19(25)17(22-20(23)26)11-10-14-6-3-2-4-7-14/h2-9,12,17H,10-11,13H2,1H3,(H,21,24)(H,22,26)/t17-/m1/s1. The third-order valence-corrected chi connectivity index (χ3v) is 4.33. The zero-order chi connectivity index (χ0) is 19.2. The van der Waals surface area contributed by atoms with E-state index in [0.717, 1.165) is 10.5 Å². The van der Waals surface area contributed by atoms with Crippen molar-refractivity contribution in [3.8, 4) is 5.75 Å². The van der Waals surface area contributed by atoms with Crippen molar-refractivity contribution in [2.75, 3.05) is 19.0 Å². The molecule has 0 radical (unpaired) electrons. The molecule has 1 aliphatic heterocycles. The van der Waals surface area contributed by atoms with E-state index >= 15 is 0 Å². The SMILES string of the molecule is COc1cccc(NC(=O)CN2C(=O)N[C@H](CCc3ccccc3)C2=O)c1. The molecule has 4 amide bonds. The number of aryl methyl sites for hydroxylation is 1. The Bertz CT molecular complexity index is 838. The molecular formula is C20H21N3O4. The first-order valence-electron chi connectivity index (χ1n) is 8.66. The number of amides is 4. The molecule has 2 aromatic carbocycles. The average molecular weight is 367 g/mol. The number of hydrogen-bond donors (Lipinski definition) is 2. The van der Waals surface area contributed by atoms with Crippen molar-refractivity contribution >= 4 is 23.5 Å². The number of rotatable bonds is 7.